The second kappa shape index (κ2) is 6.58. The van der Waals surface area contributed by atoms with Crippen LogP contribution in [-0.4, -0.2) is 17.7 Å². The van der Waals surface area contributed by atoms with E-state index in [1.165, 1.54) is 0 Å². The van der Waals surface area contributed by atoms with Crippen LogP contribution < -0.4 is 0 Å². The van der Waals surface area contributed by atoms with E-state index < -0.39 is 0 Å². The Bertz CT molecular complexity index is 224. The highest BCUT2D eigenvalue weighted by molar-refractivity contribution is 6.47. The molecule has 1 aromatic carbocycles. The highest BCUT2D eigenvalue weighted by Crippen LogP contribution is 2.28. The van der Waals surface area contributed by atoms with Crippen molar-refractivity contribution in [2.45, 2.75) is 0 Å². The molecule has 0 saturated heterocycles. The van der Waals surface area contributed by atoms with Crippen molar-refractivity contribution in [1.82, 2.24) is 0 Å². The Labute approximate surface area is 86.0 Å². The first-order valence-electron chi connectivity index (χ1n) is 2.83. The monoisotopic (exact) mass is 225 g/mol. The van der Waals surface area contributed by atoms with Gasteiger partial charge in [-0.3, -0.25) is 0 Å². The van der Waals surface area contributed by atoms with Gasteiger partial charge in [-0.05, 0) is 12.1 Å². The van der Waals surface area contributed by atoms with Crippen LogP contribution in [0.25, 0.3) is 0 Å². The average Bonchev–Trinajstić information content (AvgIpc) is 2.02. The second-order valence-electron chi connectivity index (χ2n) is 1.65. The van der Waals surface area contributed by atoms with Crippen LogP contribution >= 0.6 is 34.8 Å². The standard InChI is InChI=1S/C6H3Cl3.BH2O2/c7-4-2-1-3-5(8)6(4)9;2-1-3/h1-3H;2-3H. The lowest BCUT2D eigenvalue weighted by Crippen LogP contribution is -1.75. The van der Waals surface area contributed by atoms with Crippen LogP contribution in [0, 0.1) is 0 Å². The average molecular weight is 226 g/mol. The predicted molar refractivity (Wildman–Crippen MR) is 51.7 cm³/mol. The summed E-state index contributed by atoms with van der Waals surface area (Å²) in [6, 6.07) is 5.13. The quantitative estimate of drug-likeness (QED) is 0.525. The number of hydrogen-bond donors (Lipinski definition) is 2. The predicted octanol–water partition coefficient (Wildman–Crippen LogP) is 2.15. The van der Waals surface area contributed by atoms with Crippen molar-refractivity contribution in [3.8, 4) is 0 Å². The van der Waals surface area contributed by atoms with Crippen molar-refractivity contribution in [3.05, 3.63) is 33.3 Å². The second-order valence-corrected chi connectivity index (χ2v) is 2.84. The van der Waals surface area contributed by atoms with Crippen LogP contribution in [0.2, 0.25) is 15.1 Å². The molecular weight excluding hydrogens is 221 g/mol. The van der Waals surface area contributed by atoms with Crippen molar-refractivity contribution in [3.63, 3.8) is 0 Å². The van der Waals surface area contributed by atoms with Crippen molar-refractivity contribution in [2.75, 3.05) is 0 Å². The van der Waals surface area contributed by atoms with E-state index in [4.69, 9.17) is 44.9 Å². The summed E-state index contributed by atoms with van der Waals surface area (Å²) in [5, 5.41) is 15.4. The maximum absolute atomic E-state index is 7.00. The summed E-state index contributed by atoms with van der Waals surface area (Å²) in [5.74, 6) is 0. The molecule has 0 aliphatic heterocycles. The summed E-state index contributed by atoms with van der Waals surface area (Å²) in [6.07, 6.45) is 0. The molecule has 0 aromatic heterocycles. The van der Waals surface area contributed by atoms with Crippen molar-refractivity contribution in [2.24, 2.45) is 0 Å². The molecule has 2 nitrogen and oxygen atoms in total. The lowest BCUT2D eigenvalue weighted by Gasteiger charge is -1.94. The number of rotatable bonds is 0. The fourth-order valence-electron chi connectivity index (χ4n) is 0.477. The van der Waals surface area contributed by atoms with Crippen LogP contribution in [0.4, 0.5) is 0 Å². The molecule has 0 heterocycles. The van der Waals surface area contributed by atoms with E-state index >= 15 is 0 Å². The summed E-state index contributed by atoms with van der Waals surface area (Å²) in [4.78, 5) is 0. The Hall–Kier alpha value is 0.0749. The number of benzene rings is 1. The fraction of sp³-hybridized carbons (Fsp3) is 0. The van der Waals surface area contributed by atoms with Crippen molar-refractivity contribution in [1.29, 1.82) is 0 Å². The van der Waals surface area contributed by atoms with Gasteiger partial charge < -0.3 is 10.0 Å². The van der Waals surface area contributed by atoms with E-state index in [1.807, 2.05) is 0 Å². The van der Waals surface area contributed by atoms with E-state index in [-0.39, 0.29) is 7.69 Å². The molecule has 0 aliphatic carbocycles. The van der Waals surface area contributed by atoms with Gasteiger partial charge in [0.15, 0.2) is 0 Å². The molecule has 0 aliphatic rings. The maximum atomic E-state index is 7.00. The molecule has 1 radical (unpaired) electrons. The van der Waals surface area contributed by atoms with Crippen LogP contribution in [0.1, 0.15) is 0 Å². The first kappa shape index (κ1) is 12.1. The van der Waals surface area contributed by atoms with Crippen molar-refractivity contribution >= 4 is 42.5 Å². The third-order valence-electron chi connectivity index (χ3n) is 0.904. The van der Waals surface area contributed by atoms with Gasteiger partial charge in [0.25, 0.3) is 0 Å². The molecular formula is C6H5BCl3O2. The van der Waals surface area contributed by atoms with Gasteiger partial charge in [-0.15, -0.1) is 0 Å². The summed E-state index contributed by atoms with van der Waals surface area (Å²) in [6.45, 7) is 0. The zero-order valence-electron chi connectivity index (χ0n) is 5.84. The molecule has 0 amide bonds. The number of halogens is 3. The molecule has 0 unspecified atom stereocenters. The van der Waals surface area contributed by atoms with Crippen LogP contribution in [-0.2, 0) is 0 Å². The van der Waals surface area contributed by atoms with E-state index in [0.29, 0.717) is 15.1 Å². The van der Waals surface area contributed by atoms with Crippen LogP contribution in [0.3, 0.4) is 0 Å². The molecule has 6 heteroatoms. The molecule has 1 aromatic rings. The Kier molecular flexibility index (Phi) is 6.62. The topological polar surface area (TPSA) is 40.5 Å². The van der Waals surface area contributed by atoms with Crippen molar-refractivity contribution < 1.29 is 10.0 Å². The summed E-state index contributed by atoms with van der Waals surface area (Å²) in [7, 11) is 0. The smallest absolute Gasteiger partial charge is 0.429 e. The van der Waals surface area contributed by atoms with Gasteiger partial charge in [0.2, 0.25) is 0 Å². The Morgan fingerprint density at radius 2 is 1.33 bits per heavy atom. The first-order chi connectivity index (χ1) is 5.63. The summed E-state index contributed by atoms with van der Waals surface area (Å²) >= 11 is 16.8. The molecule has 0 bridgehead atoms. The van der Waals surface area contributed by atoms with Gasteiger partial charge in [-0.25, -0.2) is 0 Å². The minimum absolute atomic E-state index is 0. The molecule has 65 valence electrons. The lowest BCUT2D eigenvalue weighted by atomic mass is 10.4. The van der Waals surface area contributed by atoms with Gasteiger partial charge in [0.05, 0.1) is 15.1 Å². The summed E-state index contributed by atoms with van der Waals surface area (Å²) in [5.41, 5.74) is 0. The van der Waals surface area contributed by atoms with Gasteiger partial charge in [-0.2, -0.15) is 0 Å². The van der Waals surface area contributed by atoms with Crippen LogP contribution in [0.5, 0.6) is 0 Å². The molecule has 0 saturated carbocycles. The normalized spacial score (nSPS) is 8.42. The molecule has 1 rings (SSSR count). The van der Waals surface area contributed by atoms with Gasteiger partial charge in [-0.1, -0.05) is 40.9 Å². The fourth-order valence-corrected chi connectivity index (χ4v) is 1.00. The van der Waals surface area contributed by atoms with Gasteiger partial charge in [0.1, 0.15) is 0 Å². The number of hydrogen-bond acceptors (Lipinski definition) is 2. The molecule has 0 spiro atoms. The van der Waals surface area contributed by atoms with E-state index in [9.17, 15) is 0 Å². The highest BCUT2D eigenvalue weighted by atomic mass is 35.5. The Morgan fingerprint density at radius 1 is 1.00 bits per heavy atom. The molecule has 2 N–H and O–H groups in total. The highest BCUT2D eigenvalue weighted by Gasteiger charge is 1.98. The molecule has 12 heavy (non-hydrogen) atoms. The minimum atomic E-state index is 0. The van der Waals surface area contributed by atoms with E-state index in [2.05, 4.69) is 0 Å². The zero-order chi connectivity index (χ0) is 9.56. The largest absolute Gasteiger partial charge is 0.482 e. The minimum Gasteiger partial charge on any atom is -0.429 e. The van der Waals surface area contributed by atoms with E-state index in [1.54, 1.807) is 18.2 Å². The Morgan fingerprint density at radius 3 is 1.58 bits per heavy atom. The third-order valence-corrected chi connectivity index (χ3v) is 2.14. The summed E-state index contributed by atoms with van der Waals surface area (Å²) < 4.78 is 0. The Balaban J connectivity index is 0.000000354. The van der Waals surface area contributed by atoms with Crippen LogP contribution in [0.15, 0.2) is 18.2 Å². The van der Waals surface area contributed by atoms with E-state index in [0.717, 1.165) is 0 Å². The van der Waals surface area contributed by atoms with Gasteiger partial charge in [0, 0.05) is 0 Å². The lowest BCUT2D eigenvalue weighted by molar-refractivity contribution is 0.448. The molecule has 0 fully saturated rings. The maximum Gasteiger partial charge on any atom is 0.482 e. The SMILES string of the molecule is Clc1cccc(Cl)c1Cl.O[B]O. The first-order valence-corrected chi connectivity index (χ1v) is 3.96. The van der Waals surface area contributed by atoms with Gasteiger partial charge >= 0.3 is 7.69 Å². The third kappa shape index (κ3) is 4.19. The molecule has 0 atom stereocenters. The zero-order valence-corrected chi connectivity index (χ0v) is 8.11.